The van der Waals surface area contributed by atoms with Gasteiger partial charge in [0.2, 0.25) is 5.89 Å². The van der Waals surface area contributed by atoms with E-state index in [0.717, 1.165) is 49.0 Å². The Kier molecular flexibility index (Phi) is 6.49. The maximum absolute atomic E-state index is 5.55. The number of unbranched alkanes of at least 4 members (excludes halogenated alkanes) is 1. The molecule has 0 aliphatic carbocycles. The minimum atomic E-state index is 0.549. The van der Waals surface area contributed by atoms with Gasteiger partial charge in [0.25, 0.3) is 0 Å². The molecule has 0 bridgehead atoms. The quantitative estimate of drug-likeness (QED) is 0.758. The molecule has 5 heteroatoms. The fourth-order valence-corrected chi connectivity index (χ4v) is 2.15. The third kappa shape index (κ3) is 4.99. The molecule has 92 valence electrons. The van der Waals surface area contributed by atoms with Crippen molar-refractivity contribution in [2.45, 2.75) is 38.9 Å². The maximum atomic E-state index is 5.55. The van der Waals surface area contributed by atoms with Gasteiger partial charge in [0.05, 0.1) is 5.75 Å². The van der Waals surface area contributed by atoms with Crippen LogP contribution in [0.25, 0.3) is 0 Å². The summed E-state index contributed by atoms with van der Waals surface area (Å²) >= 11 is 1.80. The molecule has 1 atom stereocenters. The molecule has 0 saturated heterocycles. The van der Waals surface area contributed by atoms with Crippen molar-refractivity contribution in [3.63, 3.8) is 0 Å². The van der Waals surface area contributed by atoms with Crippen LogP contribution < -0.4 is 5.73 Å². The molecule has 0 amide bonds. The first-order valence-corrected chi connectivity index (χ1v) is 7.01. The SMILES string of the molecule is CCCCc1noc(CSCC(C)CN)n1. The second-order valence-corrected chi connectivity index (χ2v) is 5.09. The number of thioether (sulfide) groups is 1. The van der Waals surface area contributed by atoms with Crippen molar-refractivity contribution in [1.29, 1.82) is 0 Å². The second-order valence-electron chi connectivity index (χ2n) is 4.06. The van der Waals surface area contributed by atoms with E-state index < -0.39 is 0 Å². The zero-order valence-corrected chi connectivity index (χ0v) is 10.9. The van der Waals surface area contributed by atoms with E-state index in [1.165, 1.54) is 0 Å². The van der Waals surface area contributed by atoms with Gasteiger partial charge in [-0.3, -0.25) is 0 Å². The van der Waals surface area contributed by atoms with E-state index >= 15 is 0 Å². The lowest BCUT2D eigenvalue weighted by Gasteiger charge is -2.05. The lowest BCUT2D eigenvalue weighted by atomic mass is 10.2. The maximum Gasteiger partial charge on any atom is 0.236 e. The summed E-state index contributed by atoms with van der Waals surface area (Å²) in [4.78, 5) is 4.34. The van der Waals surface area contributed by atoms with Crippen LogP contribution in [0.1, 0.15) is 38.4 Å². The van der Waals surface area contributed by atoms with Crippen LogP contribution in [-0.2, 0) is 12.2 Å². The van der Waals surface area contributed by atoms with Crippen molar-refractivity contribution in [3.05, 3.63) is 11.7 Å². The van der Waals surface area contributed by atoms with Crippen LogP contribution in [-0.4, -0.2) is 22.4 Å². The van der Waals surface area contributed by atoms with E-state index in [-0.39, 0.29) is 0 Å². The zero-order valence-electron chi connectivity index (χ0n) is 10.1. The van der Waals surface area contributed by atoms with E-state index in [4.69, 9.17) is 10.3 Å². The highest BCUT2D eigenvalue weighted by atomic mass is 32.2. The molecule has 4 nitrogen and oxygen atoms in total. The van der Waals surface area contributed by atoms with Gasteiger partial charge in [-0.2, -0.15) is 16.7 Å². The molecule has 0 radical (unpaired) electrons. The molecule has 0 aliphatic heterocycles. The number of rotatable bonds is 8. The van der Waals surface area contributed by atoms with Gasteiger partial charge in [-0.15, -0.1) is 0 Å². The summed E-state index contributed by atoms with van der Waals surface area (Å²) in [7, 11) is 0. The van der Waals surface area contributed by atoms with E-state index in [1.54, 1.807) is 11.8 Å². The summed E-state index contributed by atoms with van der Waals surface area (Å²) in [5.74, 6) is 3.96. The molecule has 0 spiro atoms. The van der Waals surface area contributed by atoms with Crippen molar-refractivity contribution in [2.24, 2.45) is 11.7 Å². The first-order chi connectivity index (χ1) is 7.76. The molecule has 1 aromatic heterocycles. The van der Waals surface area contributed by atoms with Gasteiger partial charge in [0.15, 0.2) is 5.82 Å². The van der Waals surface area contributed by atoms with Gasteiger partial charge in [-0.05, 0) is 24.6 Å². The number of nitrogens with zero attached hydrogens (tertiary/aromatic N) is 2. The van der Waals surface area contributed by atoms with Crippen LogP contribution in [0.4, 0.5) is 0 Å². The zero-order chi connectivity index (χ0) is 11.8. The van der Waals surface area contributed by atoms with E-state index in [9.17, 15) is 0 Å². The Bertz CT molecular complexity index is 291. The van der Waals surface area contributed by atoms with Crippen molar-refractivity contribution < 1.29 is 4.52 Å². The van der Waals surface area contributed by atoms with E-state index in [1.807, 2.05) is 0 Å². The number of hydrogen-bond donors (Lipinski definition) is 1. The van der Waals surface area contributed by atoms with Gasteiger partial charge < -0.3 is 10.3 Å². The highest BCUT2D eigenvalue weighted by Crippen LogP contribution is 2.14. The smallest absolute Gasteiger partial charge is 0.236 e. The predicted octanol–water partition coefficient (Wildman–Crippen LogP) is 2.24. The molecule has 0 fully saturated rings. The first kappa shape index (κ1) is 13.5. The van der Waals surface area contributed by atoms with E-state index in [0.29, 0.717) is 5.92 Å². The molecular formula is C11H21N3OS. The minimum absolute atomic E-state index is 0.549. The van der Waals surface area contributed by atoms with Crippen molar-refractivity contribution in [2.75, 3.05) is 12.3 Å². The first-order valence-electron chi connectivity index (χ1n) is 5.85. The second kappa shape index (κ2) is 7.68. The summed E-state index contributed by atoms with van der Waals surface area (Å²) in [6.45, 7) is 5.04. The fraction of sp³-hybridized carbons (Fsp3) is 0.818. The van der Waals surface area contributed by atoms with Crippen molar-refractivity contribution in [3.8, 4) is 0 Å². The van der Waals surface area contributed by atoms with Crippen LogP contribution >= 0.6 is 11.8 Å². The number of hydrogen-bond acceptors (Lipinski definition) is 5. The molecule has 0 aromatic carbocycles. The van der Waals surface area contributed by atoms with Gasteiger partial charge in [-0.1, -0.05) is 25.4 Å². The molecular weight excluding hydrogens is 222 g/mol. The van der Waals surface area contributed by atoms with Gasteiger partial charge in [0.1, 0.15) is 0 Å². The Morgan fingerprint density at radius 2 is 2.31 bits per heavy atom. The standard InChI is InChI=1S/C11H21N3OS/c1-3-4-5-10-13-11(15-14-10)8-16-7-9(2)6-12/h9H,3-8,12H2,1-2H3. The van der Waals surface area contributed by atoms with Crippen LogP contribution in [0.2, 0.25) is 0 Å². The number of nitrogens with two attached hydrogens (primary N) is 1. The average molecular weight is 243 g/mol. The largest absolute Gasteiger partial charge is 0.338 e. The lowest BCUT2D eigenvalue weighted by Crippen LogP contribution is -2.12. The van der Waals surface area contributed by atoms with Crippen LogP contribution in [0, 0.1) is 5.92 Å². The van der Waals surface area contributed by atoms with Gasteiger partial charge in [-0.25, -0.2) is 0 Å². The Balaban J connectivity index is 2.23. The average Bonchev–Trinajstić information content (AvgIpc) is 2.74. The Morgan fingerprint density at radius 3 is 3.00 bits per heavy atom. The minimum Gasteiger partial charge on any atom is -0.338 e. The molecule has 16 heavy (non-hydrogen) atoms. The monoisotopic (exact) mass is 243 g/mol. The fourth-order valence-electron chi connectivity index (χ4n) is 1.20. The highest BCUT2D eigenvalue weighted by molar-refractivity contribution is 7.98. The Morgan fingerprint density at radius 1 is 1.50 bits per heavy atom. The van der Waals surface area contributed by atoms with E-state index in [2.05, 4.69) is 24.0 Å². The Hall–Kier alpha value is -0.550. The highest BCUT2D eigenvalue weighted by Gasteiger charge is 2.06. The third-order valence-corrected chi connectivity index (χ3v) is 3.55. The number of aryl methyl sites for hydroxylation is 1. The molecule has 0 saturated carbocycles. The summed E-state index contributed by atoms with van der Waals surface area (Å²) in [6, 6.07) is 0. The summed E-state index contributed by atoms with van der Waals surface area (Å²) < 4.78 is 5.16. The van der Waals surface area contributed by atoms with Gasteiger partial charge in [0, 0.05) is 6.42 Å². The Labute approximate surface area is 101 Å². The lowest BCUT2D eigenvalue weighted by molar-refractivity contribution is 0.384. The molecule has 2 N–H and O–H groups in total. The van der Waals surface area contributed by atoms with Crippen molar-refractivity contribution in [1.82, 2.24) is 10.1 Å². The summed E-state index contributed by atoms with van der Waals surface area (Å²) in [6.07, 6.45) is 3.20. The summed E-state index contributed by atoms with van der Waals surface area (Å²) in [5, 5.41) is 3.95. The van der Waals surface area contributed by atoms with Crippen LogP contribution in [0.5, 0.6) is 0 Å². The topological polar surface area (TPSA) is 64.9 Å². The summed E-state index contributed by atoms with van der Waals surface area (Å²) in [5.41, 5.74) is 5.55. The molecule has 1 heterocycles. The van der Waals surface area contributed by atoms with Crippen molar-refractivity contribution >= 4 is 11.8 Å². The molecule has 1 aromatic rings. The normalized spacial score (nSPS) is 12.9. The third-order valence-electron chi connectivity index (χ3n) is 2.29. The predicted molar refractivity (Wildman–Crippen MR) is 67.3 cm³/mol. The van der Waals surface area contributed by atoms with Crippen LogP contribution in [0.3, 0.4) is 0 Å². The van der Waals surface area contributed by atoms with Gasteiger partial charge >= 0.3 is 0 Å². The number of aromatic nitrogens is 2. The van der Waals surface area contributed by atoms with Crippen LogP contribution in [0.15, 0.2) is 4.52 Å². The molecule has 0 aliphatic rings. The molecule has 1 rings (SSSR count). The molecule has 1 unspecified atom stereocenters.